The molecule has 1 amide bonds. The van der Waals surface area contributed by atoms with E-state index in [0.29, 0.717) is 24.4 Å². The molecule has 0 saturated carbocycles. The van der Waals surface area contributed by atoms with Gasteiger partial charge < -0.3 is 14.1 Å². The van der Waals surface area contributed by atoms with Crippen molar-refractivity contribution < 1.29 is 18.7 Å². The number of hydrogen-bond acceptors (Lipinski definition) is 6. The van der Waals surface area contributed by atoms with E-state index in [0.717, 1.165) is 30.9 Å². The molecule has 3 heterocycles. The maximum atomic E-state index is 12.5. The lowest BCUT2D eigenvalue weighted by Crippen LogP contribution is -2.34. The highest BCUT2D eigenvalue weighted by Crippen LogP contribution is 2.17. The maximum Gasteiger partial charge on any atom is 0.341 e. The first-order valence-electron chi connectivity index (χ1n) is 7.89. The third-order valence-corrected chi connectivity index (χ3v) is 4.98. The van der Waals surface area contributed by atoms with Gasteiger partial charge >= 0.3 is 5.97 Å². The van der Waals surface area contributed by atoms with Crippen molar-refractivity contribution in [3.63, 3.8) is 0 Å². The first kappa shape index (κ1) is 16.7. The van der Waals surface area contributed by atoms with Crippen molar-refractivity contribution in [1.82, 2.24) is 9.80 Å². The summed E-state index contributed by atoms with van der Waals surface area (Å²) < 4.78 is 10.2. The number of amides is 1. The molecule has 0 N–H and O–H groups in total. The van der Waals surface area contributed by atoms with E-state index in [-0.39, 0.29) is 11.9 Å². The fourth-order valence-electron chi connectivity index (χ4n) is 2.85. The van der Waals surface area contributed by atoms with Gasteiger partial charge in [-0.2, -0.15) is 0 Å². The zero-order valence-corrected chi connectivity index (χ0v) is 14.4. The zero-order valence-electron chi connectivity index (χ0n) is 13.6. The van der Waals surface area contributed by atoms with Gasteiger partial charge in [-0.1, -0.05) is 6.07 Å². The van der Waals surface area contributed by atoms with Crippen molar-refractivity contribution in [2.45, 2.75) is 13.0 Å². The lowest BCUT2D eigenvalue weighted by molar-refractivity contribution is 0.0596. The molecule has 6 nitrogen and oxygen atoms in total. The van der Waals surface area contributed by atoms with Gasteiger partial charge in [0.25, 0.3) is 5.91 Å². The number of carbonyl (C=O) groups excluding carboxylic acids is 2. The van der Waals surface area contributed by atoms with Crippen molar-refractivity contribution in [3.8, 4) is 0 Å². The van der Waals surface area contributed by atoms with E-state index in [4.69, 9.17) is 9.15 Å². The van der Waals surface area contributed by atoms with Gasteiger partial charge in [0.05, 0.1) is 24.8 Å². The number of ether oxygens (including phenoxy) is 1. The summed E-state index contributed by atoms with van der Waals surface area (Å²) in [6, 6.07) is 5.39. The van der Waals surface area contributed by atoms with Crippen LogP contribution in [0.15, 0.2) is 34.3 Å². The fraction of sp³-hybridized carbons (Fsp3) is 0.412. The summed E-state index contributed by atoms with van der Waals surface area (Å²) >= 11 is 1.47. The molecule has 1 saturated heterocycles. The Morgan fingerprint density at radius 3 is 2.88 bits per heavy atom. The van der Waals surface area contributed by atoms with Gasteiger partial charge in [0, 0.05) is 26.2 Å². The second-order valence-electron chi connectivity index (χ2n) is 5.65. The SMILES string of the molecule is COC(=O)c1ccoc1CN1CCCN(C(=O)c2cccs2)CC1. The predicted octanol–water partition coefficient (Wildman–Crippen LogP) is 2.48. The van der Waals surface area contributed by atoms with E-state index in [2.05, 4.69) is 4.90 Å². The minimum atomic E-state index is -0.386. The maximum absolute atomic E-state index is 12.5. The molecule has 0 atom stereocenters. The largest absolute Gasteiger partial charge is 0.467 e. The molecule has 3 rings (SSSR count). The van der Waals surface area contributed by atoms with Crippen molar-refractivity contribution in [2.24, 2.45) is 0 Å². The first-order chi connectivity index (χ1) is 11.7. The Morgan fingerprint density at radius 1 is 1.25 bits per heavy atom. The predicted molar refractivity (Wildman–Crippen MR) is 90.2 cm³/mol. The van der Waals surface area contributed by atoms with E-state index < -0.39 is 0 Å². The summed E-state index contributed by atoms with van der Waals surface area (Å²) in [5.41, 5.74) is 0.466. The van der Waals surface area contributed by atoms with E-state index in [1.165, 1.54) is 24.7 Å². The number of hydrogen-bond donors (Lipinski definition) is 0. The smallest absolute Gasteiger partial charge is 0.341 e. The molecule has 24 heavy (non-hydrogen) atoms. The van der Waals surface area contributed by atoms with Gasteiger partial charge in [-0.3, -0.25) is 9.69 Å². The molecule has 0 aromatic carbocycles. The average molecular weight is 348 g/mol. The van der Waals surface area contributed by atoms with Crippen LogP contribution >= 0.6 is 11.3 Å². The number of nitrogens with zero attached hydrogens (tertiary/aromatic N) is 2. The fourth-order valence-corrected chi connectivity index (χ4v) is 3.54. The molecule has 2 aromatic heterocycles. The minimum absolute atomic E-state index is 0.0973. The van der Waals surface area contributed by atoms with Crippen molar-refractivity contribution in [2.75, 3.05) is 33.3 Å². The van der Waals surface area contributed by atoms with Crippen LogP contribution in [-0.4, -0.2) is 55.0 Å². The van der Waals surface area contributed by atoms with Gasteiger partial charge in [-0.05, 0) is 23.9 Å². The lowest BCUT2D eigenvalue weighted by atomic mass is 10.2. The number of thiophene rings is 1. The molecule has 2 aromatic rings. The van der Waals surface area contributed by atoms with Crippen LogP contribution < -0.4 is 0 Å². The number of rotatable bonds is 4. The molecule has 0 radical (unpaired) electrons. The summed E-state index contributed by atoms with van der Waals surface area (Å²) in [6.45, 7) is 3.56. The monoisotopic (exact) mass is 348 g/mol. The normalized spacial score (nSPS) is 16.0. The highest BCUT2D eigenvalue weighted by atomic mass is 32.1. The van der Waals surface area contributed by atoms with Crippen LogP contribution in [0, 0.1) is 0 Å². The van der Waals surface area contributed by atoms with Gasteiger partial charge in [0.2, 0.25) is 0 Å². The van der Waals surface area contributed by atoms with Crippen LogP contribution in [0.25, 0.3) is 0 Å². The molecule has 0 spiro atoms. The molecule has 7 heteroatoms. The third kappa shape index (κ3) is 3.68. The Bertz CT molecular complexity index is 695. The summed E-state index contributed by atoms with van der Waals surface area (Å²) in [4.78, 5) is 29.1. The van der Waals surface area contributed by atoms with E-state index in [1.807, 2.05) is 22.4 Å². The molecule has 0 unspecified atom stereocenters. The highest BCUT2D eigenvalue weighted by molar-refractivity contribution is 7.12. The number of furan rings is 1. The average Bonchev–Trinajstić information content (AvgIpc) is 3.23. The second kappa shape index (κ2) is 7.63. The molecule has 1 fully saturated rings. The Labute approximate surface area is 144 Å². The zero-order chi connectivity index (χ0) is 16.9. The Kier molecular flexibility index (Phi) is 5.32. The number of esters is 1. The van der Waals surface area contributed by atoms with Gasteiger partial charge in [-0.25, -0.2) is 4.79 Å². The molecule has 0 aliphatic carbocycles. The van der Waals surface area contributed by atoms with Crippen LogP contribution in [0.4, 0.5) is 0 Å². The summed E-state index contributed by atoms with van der Waals surface area (Å²) in [5.74, 6) is 0.322. The van der Waals surface area contributed by atoms with Gasteiger partial charge in [0.1, 0.15) is 11.3 Å². The minimum Gasteiger partial charge on any atom is -0.467 e. The van der Waals surface area contributed by atoms with Crippen LogP contribution in [0.1, 0.15) is 32.2 Å². The quantitative estimate of drug-likeness (QED) is 0.795. The Balaban J connectivity index is 1.61. The standard InChI is InChI=1S/C17H20N2O4S/c1-22-17(21)13-5-10-23-14(13)12-18-6-3-7-19(9-8-18)16(20)15-4-2-11-24-15/h2,4-5,10-11H,3,6-9,12H2,1H3. The van der Waals surface area contributed by atoms with E-state index in [9.17, 15) is 9.59 Å². The molecule has 1 aliphatic rings. The van der Waals surface area contributed by atoms with Crippen LogP contribution in [0.2, 0.25) is 0 Å². The van der Waals surface area contributed by atoms with Gasteiger partial charge in [-0.15, -0.1) is 11.3 Å². The van der Waals surface area contributed by atoms with Crippen LogP contribution in [0.3, 0.4) is 0 Å². The Morgan fingerprint density at radius 2 is 2.12 bits per heavy atom. The first-order valence-corrected chi connectivity index (χ1v) is 8.77. The Hall–Kier alpha value is -2.12. The van der Waals surface area contributed by atoms with Crippen molar-refractivity contribution in [3.05, 3.63) is 46.0 Å². The van der Waals surface area contributed by atoms with Crippen LogP contribution in [0.5, 0.6) is 0 Å². The van der Waals surface area contributed by atoms with E-state index >= 15 is 0 Å². The summed E-state index contributed by atoms with van der Waals surface area (Å²) in [5, 5.41) is 1.92. The summed E-state index contributed by atoms with van der Waals surface area (Å²) in [6.07, 6.45) is 2.40. The lowest BCUT2D eigenvalue weighted by Gasteiger charge is -2.21. The molecule has 0 bridgehead atoms. The topological polar surface area (TPSA) is 63.0 Å². The molecule has 1 aliphatic heterocycles. The molecular weight excluding hydrogens is 328 g/mol. The third-order valence-electron chi connectivity index (χ3n) is 4.13. The van der Waals surface area contributed by atoms with Crippen LogP contribution in [-0.2, 0) is 11.3 Å². The van der Waals surface area contributed by atoms with Gasteiger partial charge in [0.15, 0.2) is 0 Å². The highest BCUT2D eigenvalue weighted by Gasteiger charge is 2.23. The second-order valence-corrected chi connectivity index (χ2v) is 6.60. The molecular formula is C17H20N2O4S. The number of carbonyl (C=O) groups is 2. The number of methoxy groups -OCH3 is 1. The van der Waals surface area contributed by atoms with Crippen molar-refractivity contribution >= 4 is 23.2 Å². The molecule has 128 valence electrons. The van der Waals surface area contributed by atoms with E-state index in [1.54, 1.807) is 6.07 Å². The van der Waals surface area contributed by atoms with Crippen molar-refractivity contribution in [1.29, 1.82) is 0 Å². The summed E-state index contributed by atoms with van der Waals surface area (Å²) in [7, 11) is 1.36.